The topological polar surface area (TPSA) is 96.5 Å². The van der Waals surface area contributed by atoms with Crippen LogP contribution in [-0.4, -0.2) is 24.8 Å². The van der Waals surface area contributed by atoms with Crippen molar-refractivity contribution in [1.29, 1.82) is 0 Å². The maximum Gasteiger partial charge on any atom is 0.313 e. The average molecular weight is 431 g/mol. The third-order valence-electron chi connectivity index (χ3n) is 4.77. The molecule has 164 valence electrons. The molecule has 0 heterocycles. The Morgan fingerprint density at radius 3 is 2.22 bits per heavy atom. The van der Waals surface area contributed by atoms with Gasteiger partial charge in [-0.05, 0) is 42.3 Å². The minimum Gasteiger partial charge on any atom is -0.497 e. The van der Waals surface area contributed by atoms with Gasteiger partial charge in [0, 0.05) is 13.1 Å². The predicted molar refractivity (Wildman–Crippen MR) is 122 cm³/mol. The smallest absolute Gasteiger partial charge is 0.313 e. The fraction of sp³-hybridized carbons (Fsp3) is 0.160. The van der Waals surface area contributed by atoms with Gasteiger partial charge < -0.3 is 20.7 Å². The SMILES string of the molecule is COc1ccc(CNC(=O)C(=O)Nc2ccccc2C(=O)NCc2cccc(C)c2)cc1. The van der Waals surface area contributed by atoms with Crippen molar-refractivity contribution in [3.63, 3.8) is 0 Å². The minimum atomic E-state index is -0.850. The normalized spacial score (nSPS) is 10.2. The Hall–Kier alpha value is -4.13. The lowest BCUT2D eigenvalue weighted by Gasteiger charge is -2.12. The number of ether oxygens (including phenoxy) is 1. The van der Waals surface area contributed by atoms with E-state index in [9.17, 15) is 14.4 Å². The molecule has 0 saturated heterocycles. The summed E-state index contributed by atoms with van der Waals surface area (Å²) in [6, 6.07) is 21.5. The van der Waals surface area contributed by atoms with Gasteiger partial charge >= 0.3 is 11.8 Å². The zero-order chi connectivity index (χ0) is 22.9. The first-order valence-corrected chi connectivity index (χ1v) is 10.1. The largest absolute Gasteiger partial charge is 0.497 e. The Morgan fingerprint density at radius 2 is 1.50 bits per heavy atom. The van der Waals surface area contributed by atoms with Crippen molar-refractivity contribution in [2.75, 3.05) is 12.4 Å². The van der Waals surface area contributed by atoms with E-state index < -0.39 is 11.8 Å². The van der Waals surface area contributed by atoms with Crippen molar-refractivity contribution < 1.29 is 19.1 Å². The molecule has 0 spiro atoms. The molecule has 0 atom stereocenters. The van der Waals surface area contributed by atoms with E-state index in [-0.39, 0.29) is 23.7 Å². The number of hydrogen-bond donors (Lipinski definition) is 3. The first-order valence-electron chi connectivity index (χ1n) is 10.1. The minimum absolute atomic E-state index is 0.189. The molecule has 0 aromatic heterocycles. The van der Waals surface area contributed by atoms with Gasteiger partial charge in [0.15, 0.2) is 0 Å². The fourth-order valence-corrected chi connectivity index (χ4v) is 3.07. The number of methoxy groups -OCH3 is 1. The van der Waals surface area contributed by atoms with Gasteiger partial charge in [-0.15, -0.1) is 0 Å². The second kappa shape index (κ2) is 10.8. The van der Waals surface area contributed by atoms with Crippen molar-refractivity contribution in [2.45, 2.75) is 20.0 Å². The number of aryl methyl sites for hydroxylation is 1. The van der Waals surface area contributed by atoms with E-state index in [4.69, 9.17) is 4.74 Å². The van der Waals surface area contributed by atoms with Gasteiger partial charge in [-0.1, -0.05) is 54.1 Å². The van der Waals surface area contributed by atoms with Crippen LogP contribution in [0.2, 0.25) is 0 Å². The molecule has 0 fully saturated rings. The lowest BCUT2D eigenvalue weighted by Crippen LogP contribution is -2.35. The number of para-hydroxylation sites is 1. The Bertz CT molecular complexity index is 1110. The second-order valence-corrected chi connectivity index (χ2v) is 7.20. The summed E-state index contributed by atoms with van der Waals surface area (Å²) < 4.78 is 5.09. The van der Waals surface area contributed by atoms with Crippen LogP contribution in [0.25, 0.3) is 0 Å². The Balaban J connectivity index is 1.58. The summed E-state index contributed by atoms with van der Waals surface area (Å²) in [5.41, 5.74) is 3.43. The van der Waals surface area contributed by atoms with Crippen LogP contribution >= 0.6 is 0 Å². The van der Waals surface area contributed by atoms with E-state index in [1.807, 2.05) is 31.2 Å². The lowest BCUT2D eigenvalue weighted by molar-refractivity contribution is -0.136. The van der Waals surface area contributed by atoms with Crippen LogP contribution in [0.3, 0.4) is 0 Å². The quantitative estimate of drug-likeness (QED) is 0.501. The molecule has 32 heavy (non-hydrogen) atoms. The van der Waals surface area contributed by atoms with E-state index >= 15 is 0 Å². The van der Waals surface area contributed by atoms with Gasteiger partial charge in [-0.3, -0.25) is 14.4 Å². The third-order valence-corrected chi connectivity index (χ3v) is 4.77. The molecule has 3 aromatic carbocycles. The van der Waals surface area contributed by atoms with E-state index in [1.165, 1.54) is 0 Å². The highest BCUT2D eigenvalue weighted by Gasteiger charge is 2.17. The molecular formula is C25H25N3O4. The Morgan fingerprint density at radius 1 is 0.781 bits per heavy atom. The fourth-order valence-electron chi connectivity index (χ4n) is 3.07. The van der Waals surface area contributed by atoms with Crippen LogP contribution in [0.1, 0.15) is 27.0 Å². The summed E-state index contributed by atoms with van der Waals surface area (Å²) in [5.74, 6) is -1.29. The van der Waals surface area contributed by atoms with Crippen molar-refractivity contribution >= 4 is 23.4 Å². The highest BCUT2D eigenvalue weighted by molar-refractivity contribution is 6.40. The van der Waals surface area contributed by atoms with Gasteiger partial charge in [-0.25, -0.2) is 0 Å². The van der Waals surface area contributed by atoms with E-state index in [0.29, 0.717) is 12.3 Å². The van der Waals surface area contributed by atoms with Crippen LogP contribution in [0.4, 0.5) is 5.69 Å². The summed E-state index contributed by atoms with van der Waals surface area (Å²) in [6.07, 6.45) is 0. The van der Waals surface area contributed by atoms with Crippen LogP contribution in [-0.2, 0) is 22.7 Å². The number of carbonyl (C=O) groups excluding carboxylic acids is 3. The van der Waals surface area contributed by atoms with Crippen LogP contribution in [0, 0.1) is 6.92 Å². The zero-order valence-electron chi connectivity index (χ0n) is 18.0. The number of nitrogens with one attached hydrogen (secondary N) is 3. The van der Waals surface area contributed by atoms with Crippen molar-refractivity contribution in [3.05, 3.63) is 95.1 Å². The van der Waals surface area contributed by atoms with Gasteiger partial charge in [0.05, 0.1) is 18.4 Å². The van der Waals surface area contributed by atoms with Crippen LogP contribution < -0.4 is 20.7 Å². The molecule has 0 aliphatic carbocycles. The number of benzene rings is 3. The molecule has 3 N–H and O–H groups in total. The number of anilines is 1. The Labute approximate surface area is 186 Å². The molecular weight excluding hydrogens is 406 g/mol. The van der Waals surface area contributed by atoms with Gasteiger partial charge in [0.1, 0.15) is 5.75 Å². The molecule has 7 nitrogen and oxygen atoms in total. The molecule has 0 radical (unpaired) electrons. The molecule has 0 saturated carbocycles. The molecule has 0 unspecified atom stereocenters. The van der Waals surface area contributed by atoms with E-state index in [0.717, 1.165) is 16.7 Å². The molecule has 3 aromatic rings. The van der Waals surface area contributed by atoms with Crippen molar-refractivity contribution in [1.82, 2.24) is 10.6 Å². The number of amides is 3. The summed E-state index contributed by atoms with van der Waals surface area (Å²) in [7, 11) is 1.57. The van der Waals surface area contributed by atoms with E-state index in [1.54, 1.807) is 55.6 Å². The van der Waals surface area contributed by atoms with Gasteiger partial charge in [0.25, 0.3) is 5.91 Å². The molecule has 7 heteroatoms. The lowest BCUT2D eigenvalue weighted by atomic mass is 10.1. The molecule has 0 bridgehead atoms. The van der Waals surface area contributed by atoms with Crippen molar-refractivity contribution in [3.8, 4) is 5.75 Å². The second-order valence-electron chi connectivity index (χ2n) is 7.20. The molecule has 3 amide bonds. The van der Waals surface area contributed by atoms with Crippen LogP contribution in [0.15, 0.2) is 72.8 Å². The first kappa shape index (κ1) is 22.6. The molecule has 0 aliphatic rings. The van der Waals surface area contributed by atoms with Gasteiger partial charge in [0.2, 0.25) is 0 Å². The van der Waals surface area contributed by atoms with Gasteiger partial charge in [-0.2, -0.15) is 0 Å². The zero-order valence-corrected chi connectivity index (χ0v) is 18.0. The number of hydrogen-bond acceptors (Lipinski definition) is 4. The third kappa shape index (κ3) is 6.18. The van der Waals surface area contributed by atoms with Crippen LogP contribution in [0.5, 0.6) is 5.75 Å². The highest BCUT2D eigenvalue weighted by Crippen LogP contribution is 2.16. The Kier molecular flexibility index (Phi) is 7.59. The average Bonchev–Trinajstić information content (AvgIpc) is 2.81. The molecule has 3 rings (SSSR count). The molecule has 0 aliphatic heterocycles. The number of carbonyl (C=O) groups is 3. The maximum atomic E-state index is 12.7. The summed E-state index contributed by atoms with van der Waals surface area (Å²) in [4.78, 5) is 37.2. The summed E-state index contributed by atoms with van der Waals surface area (Å²) in [6.45, 7) is 2.52. The highest BCUT2D eigenvalue weighted by atomic mass is 16.5. The monoisotopic (exact) mass is 431 g/mol. The summed E-state index contributed by atoms with van der Waals surface area (Å²) >= 11 is 0. The van der Waals surface area contributed by atoms with E-state index in [2.05, 4.69) is 16.0 Å². The predicted octanol–water partition coefficient (Wildman–Crippen LogP) is 3.19. The maximum absolute atomic E-state index is 12.7. The summed E-state index contributed by atoms with van der Waals surface area (Å²) in [5, 5.41) is 7.93. The first-order chi connectivity index (χ1) is 15.5. The standard InChI is InChI=1S/C25H25N3O4/c1-17-6-5-7-19(14-17)16-26-23(29)21-8-3-4-9-22(21)28-25(31)24(30)27-15-18-10-12-20(32-2)13-11-18/h3-14H,15-16H2,1-2H3,(H,26,29)(H,27,30)(H,28,31). The van der Waals surface area contributed by atoms with Crippen molar-refractivity contribution in [2.24, 2.45) is 0 Å². The number of rotatable bonds is 7.